The lowest BCUT2D eigenvalue weighted by Crippen LogP contribution is -2.39. The van der Waals surface area contributed by atoms with Gasteiger partial charge in [-0.1, -0.05) is 6.58 Å². The minimum Gasteiger partial charge on any atom is -0.367 e. The molecular formula is C22H29N7O3S. The van der Waals surface area contributed by atoms with Gasteiger partial charge in [0.15, 0.2) is 5.65 Å². The minimum absolute atomic E-state index is 0.0130. The van der Waals surface area contributed by atoms with Gasteiger partial charge in [-0.15, -0.1) is 0 Å². The van der Waals surface area contributed by atoms with E-state index in [0.717, 1.165) is 55.7 Å². The highest BCUT2D eigenvalue weighted by Gasteiger charge is 2.26. The van der Waals surface area contributed by atoms with Gasteiger partial charge in [0, 0.05) is 47.4 Å². The van der Waals surface area contributed by atoms with Crippen LogP contribution in [0.4, 0.5) is 11.6 Å². The Labute approximate surface area is 193 Å². The van der Waals surface area contributed by atoms with Gasteiger partial charge in [-0.2, -0.15) is 9.61 Å². The first-order chi connectivity index (χ1) is 15.7. The van der Waals surface area contributed by atoms with Gasteiger partial charge in [0.2, 0.25) is 10.0 Å². The quantitative estimate of drug-likeness (QED) is 0.455. The largest absolute Gasteiger partial charge is 0.367 e. The van der Waals surface area contributed by atoms with E-state index in [9.17, 15) is 13.2 Å². The smallest absolute Gasteiger partial charge is 0.251 e. The van der Waals surface area contributed by atoms with Crippen LogP contribution >= 0.6 is 0 Å². The second-order valence-corrected chi connectivity index (χ2v) is 11.0. The topological polar surface area (TPSA) is 130 Å². The maximum absolute atomic E-state index is 12.2. The molecule has 0 atom stereocenters. The summed E-state index contributed by atoms with van der Waals surface area (Å²) in [5.74, 6) is 1.47. The average molecular weight is 472 g/mol. The van der Waals surface area contributed by atoms with Crippen molar-refractivity contribution < 1.29 is 13.2 Å². The fourth-order valence-electron chi connectivity index (χ4n) is 4.46. The SMILES string of the molecule is C=C1C/C(=C\c2cnn3c(NC4CC4)cc(NC4CCC(NS(C)(=O)=O)CC4)nc23)C(=O)N1. The normalized spacial score (nSPS) is 24.9. The van der Waals surface area contributed by atoms with E-state index in [1.165, 1.54) is 6.26 Å². The van der Waals surface area contributed by atoms with E-state index in [1.807, 2.05) is 12.1 Å². The van der Waals surface area contributed by atoms with E-state index < -0.39 is 10.0 Å². The number of hydrogen-bond acceptors (Lipinski definition) is 7. The number of carbonyl (C=O) groups is 1. The Hall–Kier alpha value is -2.92. The summed E-state index contributed by atoms with van der Waals surface area (Å²) in [4.78, 5) is 17.0. The van der Waals surface area contributed by atoms with Crippen LogP contribution in [0, 0.1) is 0 Å². The first kappa shape index (κ1) is 21.9. The lowest BCUT2D eigenvalue weighted by Gasteiger charge is -2.29. The van der Waals surface area contributed by atoms with Crippen molar-refractivity contribution in [2.45, 2.75) is 63.1 Å². The number of allylic oxidation sites excluding steroid dienone is 1. The number of nitrogens with one attached hydrogen (secondary N) is 4. The van der Waals surface area contributed by atoms with Gasteiger partial charge in [0.1, 0.15) is 11.6 Å². The molecule has 2 aromatic rings. The molecule has 10 nitrogen and oxygen atoms in total. The lowest BCUT2D eigenvalue weighted by molar-refractivity contribution is -0.115. The fraction of sp³-hybridized carbons (Fsp3) is 0.500. The summed E-state index contributed by atoms with van der Waals surface area (Å²) in [6.45, 7) is 3.84. The number of rotatable bonds is 7. The number of carbonyl (C=O) groups excluding carboxylic acids is 1. The number of aromatic nitrogens is 3. The monoisotopic (exact) mass is 471 g/mol. The van der Waals surface area contributed by atoms with Crippen molar-refractivity contribution in [2.24, 2.45) is 0 Å². The van der Waals surface area contributed by atoms with Crippen LogP contribution in [0.3, 0.4) is 0 Å². The van der Waals surface area contributed by atoms with E-state index in [-0.39, 0.29) is 18.0 Å². The number of nitrogens with zero attached hydrogens (tertiary/aromatic N) is 3. The molecule has 2 aliphatic carbocycles. The Morgan fingerprint density at radius 2 is 1.79 bits per heavy atom. The third kappa shape index (κ3) is 5.19. The molecule has 3 aliphatic rings. The van der Waals surface area contributed by atoms with E-state index in [1.54, 1.807) is 10.7 Å². The number of amides is 1. The number of anilines is 2. The van der Waals surface area contributed by atoms with Crippen molar-refractivity contribution in [1.29, 1.82) is 0 Å². The van der Waals surface area contributed by atoms with Gasteiger partial charge in [0.05, 0.1) is 12.5 Å². The third-order valence-corrected chi connectivity index (χ3v) is 6.97. The molecule has 3 fully saturated rings. The van der Waals surface area contributed by atoms with Crippen LogP contribution in [0.25, 0.3) is 11.7 Å². The van der Waals surface area contributed by atoms with Gasteiger partial charge in [0.25, 0.3) is 5.91 Å². The average Bonchev–Trinajstić information content (AvgIpc) is 3.37. The predicted octanol–water partition coefficient (Wildman–Crippen LogP) is 1.99. The first-order valence-corrected chi connectivity index (χ1v) is 13.2. The molecule has 2 saturated carbocycles. The molecule has 11 heteroatoms. The van der Waals surface area contributed by atoms with E-state index in [0.29, 0.717) is 29.4 Å². The standard InChI is InChI=1S/C22H29N7O3S/c1-13-9-14(22(30)24-13)10-15-12-23-29-20(26-17-3-4-17)11-19(27-21(15)29)25-16-5-7-18(8-6-16)28-33(2,31)32/h10-12,16-18,26,28H,1,3-9H2,2H3,(H,24,30)(H,25,27)/b14-10+. The van der Waals surface area contributed by atoms with Crippen molar-refractivity contribution >= 4 is 39.3 Å². The molecule has 1 saturated heterocycles. The molecule has 2 aromatic heterocycles. The van der Waals surface area contributed by atoms with E-state index in [2.05, 4.69) is 32.4 Å². The van der Waals surface area contributed by atoms with Gasteiger partial charge >= 0.3 is 0 Å². The molecule has 4 N–H and O–H groups in total. The van der Waals surface area contributed by atoms with Crippen molar-refractivity contribution in [3.8, 4) is 0 Å². The molecule has 0 spiro atoms. The molecular weight excluding hydrogens is 442 g/mol. The molecule has 3 heterocycles. The Bertz CT molecular complexity index is 1240. The zero-order valence-electron chi connectivity index (χ0n) is 18.6. The molecule has 0 bridgehead atoms. The third-order valence-electron chi connectivity index (χ3n) is 6.20. The summed E-state index contributed by atoms with van der Waals surface area (Å²) in [5, 5.41) is 14.3. The lowest BCUT2D eigenvalue weighted by atomic mass is 9.92. The Balaban J connectivity index is 1.39. The van der Waals surface area contributed by atoms with Crippen LogP contribution in [0.5, 0.6) is 0 Å². The fourth-order valence-corrected chi connectivity index (χ4v) is 5.30. The highest BCUT2D eigenvalue weighted by Crippen LogP contribution is 2.29. The molecule has 5 rings (SSSR count). The van der Waals surface area contributed by atoms with Gasteiger partial charge in [-0.05, 0) is 44.6 Å². The van der Waals surface area contributed by atoms with Crippen LogP contribution in [-0.4, -0.2) is 53.3 Å². The number of fused-ring (bicyclic) bond motifs is 1. The molecule has 1 aliphatic heterocycles. The zero-order valence-corrected chi connectivity index (χ0v) is 19.4. The van der Waals surface area contributed by atoms with Crippen LogP contribution in [0.15, 0.2) is 30.1 Å². The maximum Gasteiger partial charge on any atom is 0.251 e. The molecule has 1 amide bonds. The molecule has 0 aromatic carbocycles. The summed E-state index contributed by atoms with van der Waals surface area (Å²) in [7, 11) is -3.19. The van der Waals surface area contributed by atoms with Gasteiger partial charge < -0.3 is 16.0 Å². The molecule has 0 unspecified atom stereocenters. The molecule has 0 radical (unpaired) electrons. The predicted molar refractivity (Wildman–Crippen MR) is 127 cm³/mol. The summed E-state index contributed by atoms with van der Waals surface area (Å²) in [6.07, 6.45) is 10.8. The van der Waals surface area contributed by atoms with Crippen LogP contribution in [0.1, 0.15) is 50.5 Å². The highest BCUT2D eigenvalue weighted by atomic mass is 32.2. The Morgan fingerprint density at radius 3 is 2.42 bits per heavy atom. The van der Waals surface area contributed by atoms with Crippen molar-refractivity contribution in [2.75, 3.05) is 16.9 Å². The second-order valence-electron chi connectivity index (χ2n) is 9.27. The van der Waals surface area contributed by atoms with Gasteiger partial charge in [-0.25, -0.2) is 18.1 Å². The zero-order chi connectivity index (χ0) is 23.2. The van der Waals surface area contributed by atoms with Crippen molar-refractivity contribution in [1.82, 2.24) is 24.6 Å². The number of hydrogen-bond donors (Lipinski definition) is 4. The van der Waals surface area contributed by atoms with Crippen molar-refractivity contribution in [3.63, 3.8) is 0 Å². The van der Waals surface area contributed by atoms with E-state index in [4.69, 9.17) is 4.98 Å². The van der Waals surface area contributed by atoms with Crippen molar-refractivity contribution in [3.05, 3.63) is 35.7 Å². The Kier molecular flexibility index (Phi) is 5.61. The summed E-state index contributed by atoms with van der Waals surface area (Å²) in [6, 6.07) is 2.61. The summed E-state index contributed by atoms with van der Waals surface area (Å²) in [5.41, 5.74) is 2.78. The first-order valence-electron chi connectivity index (χ1n) is 11.3. The van der Waals surface area contributed by atoms with E-state index >= 15 is 0 Å². The minimum atomic E-state index is -3.19. The van der Waals surface area contributed by atoms with Gasteiger partial charge in [-0.3, -0.25) is 4.79 Å². The van der Waals surface area contributed by atoms with Crippen LogP contribution < -0.4 is 20.7 Å². The highest BCUT2D eigenvalue weighted by molar-refractivity contribution is 7.88. The summed E-state index contributed by atoms with van der Waals surface area (Å²) >= 11 is 0. The molecule has 33 heavy (non-hydrogen) atoms. The summed E-state index contributed by atoms with van der Waals surface area (Å²) < 4.78 is 27.5. The Morgan fingerprint density at radius 1 is 1.12 bits per heavy atom. The maximum atomic E-state index is 12.2. The second kappa shape index (κ2) is 8.45. The number of sulfonamides is 1. The van der Waals surface area contributed by atoms with Crippen LogP contribution in [0.2, 0.25) is 0 Å². The van der Waals surface area contributed by atoms with Crippen LogP contribution in [-0.2, 0) is 14.8 Å². The molecule has 176 valence electrons.